The van der Waals surface area contributed by atoms with Crippen molar-refractivity contribution in [2.45, 2.75) is 12.3 Å². The maximum atomic E-state index is 12.5. The first-order valence-corrected chi connectivity index (χ1v) is 8.88. The maximum absolute atomic E-state index is 12.5. The second kappa shape index (κ2) is 7.26. The van der Waals surface area contributed by atoms with Crippen molar-refractivity contribution >= 4 is 11.7 Å². The van der Waals surface area contributed by atoms with Crippen LogP contribution in [0.3, 0.4) is 0 Å². The molecule has 0 unspecified atom stereocenters. The first-order valence-electron chi connectivity index (χ1n) is 8.88. The van der Waals surface area contributed by atoms with Gasteiger partial charge in [-0.2, -0.15) is 0 Å². The summed E-state index contributed by atoms with van der Waals surface area (Å²) >= 11 is 0. The van der Waals surface area contributed by atoms with Crippen molar-refractivity contribution in [1.29, 1.82) is 0 Å². The van der Waals surface area contributed by atoms with Crippen LogP contribution in [-0.2, 0) is 4.79 Å². The van der Waals surface area contributed by atoms with E-state index in [-0.39, 0.29) is 11.8 Å². The number of rotatable bonds is 5. The highest BCUT2D eigenvalue weighted by atomic mass is 16.5. The summed E-state index contributed by atoms with van der Waals surface area (Å²) in [7, 11) is 4.84. The smallest absolute Gasteiger partial charge is 0.226 e. The molecule has 2 heterocycles. The fraction of sp³-hybridized carbons (Fsp3) is 0.238. The molecule has 2 aromatic carbocycles. The fourth-order valence-electron chi connectivity index (χ4n) is 3.51. The molecular weight excluding hydrogens is 358 g/mol. The molecule has 1 N–H and O–H groups in total. The molecule has 0 aliphatic carbocycles. The van der Waals surface area contributed by atoms with Gasteiger partial charge in [0.05, 0.1) is 32.7 Å². The van der Waals surface area contributed by atoms with Gasteiger partial charge in [0.15, 0.2) is 0 Å². The SMILES string of the molecule is COc1cccc([C@@H]2CC(=O)Nc3c2ncn3-c2cc(OC)ccc2OC)c1. The lowest BCUT2D eigenvalue weighted by atomic mass is 9.89. The summed E-state index contributed by atoms with van der Waals surface area (Å²) in [5.41, 5.74) is 2.53. The molecular formula is C21H21N3O4. The minimum Gasteiger partial charge on any atom is -0.497 e. The van der Waals surface area contributed by atoms with Crippen molar-refractivity contribution in [3.05, 3.63) is 60.0 Å². The van der Waals surface area contributed by atoms with Gasteiger partial charge in [0.2, 0.25) is 5.91 Å². The number of nitrogens with zero attached hydrogens (tertiary/aromatic N) is 2. The fourth-order valence-corrected chi connectivity index (χ4v) is 3.51. The van der Waals surface area contributed by atoms with E-state index < -0.39 is 0 Å². The van der Waals surface area contributed by atoms with Gasteiger partial charge in [0, 0.05) is 18.4 Å². The number of hydrogen-bond acceptors (Lipinski definition) is 5. The van der Waals surface area contributed by atoms with Gasteiger partial charge in [-0.15, -0.1) is 0 Å². The number of nitrogens with one attached hydrogen (secondary N) is 1. The van der Waals surface area contributed by atoms with E-state index in [1.165, 1.54) is 0 Å². The lowest BCUT2D eigenvalue weighted by Gasteiger charge is -2.24. The topological polar surface area (TPSA) is 74.6 Å². The third-order valence-electron chi connectivity index (χ3n) is 4.91. The van der Waals surface area contributed by atoms with Crippen LogP contribution in [-0.4, -0.2) is 36.8 Å². The van der Waals surface area contributed by atoms with E-state index in [4.69, 9.17) is 14.2 Å². The van der Waals surface area contributed by atoms with E-state index in [9.17, 15) is 4.79 Å². The van der Waals surface area contributed by atoms with Gasteiger partial charge in [0.25, 0.3) is 0 Å². The Kier molecular flexibility index (Phi) is 4.65. The van der Waals surface area contributed by atoms with Crippen molar-refractivity contribution in [3.63, 3.8) is 0 Å². The van der Waals surface area contributed by atoms with Gasteiger partial charge in [-0.05, 0) is 29.8 Å². The molecule has 7 heteroatoms. The van der Waals surface area contributed by atoms with E-state index in [0.29, 0.717) is 23.7 Å². The van der Waals surface area contributed by atoms with Crippen molar-refractivity contribution in [3.8, 4) is 22.9 Å². The van der Waals surface area contributed by atoms with Gasteiger partial charge in [-0.3, -0.25) is 9.36 Å². The minimum absolute atomic E-state index is 0.0658. The molecule has 7 nitrogen and oxygen atoms in total. The molecule has 0 spiro atoms. The number of amides is 1. The predicted molar refractivity (Wildman–Crippen MR) is 105 cm³/mol. The molecule has 1 aliphatic heterocycles. The van der Waals surface area contributed by atoms with E-state index in [2.05, 4.69) is 10.3 Å². The van der Waals surface area contributed by atoms with Crippen LogP contribution >= 0.6 is 0 Å². The Hall–Kier alpha value is -3.48. The van der Waals surface area contributed by atoms with Gasteiger partial charge in [0.1, 0.15) is 29.4 Å². The zero-order chi connectivity index (χ0) is 19.7. The Labute approximate surface area is 162 Å². The molecule has 3 aromatic rings. The Balaban J connectivity index is 1.83. The van der Waals surface area contributed by atoms with Gasteiger partial charge in [-0.25, -0.2) is 4.98 Å². The average molecular weight is 379 g/mol. The number of aromatic nitrogens is 2. The van der Waals surface area contributed by atoms with Gasteiger partial charge < -0.3 is 19.5 Å². The van der Waals surface area contributed by atoms with Crippen LogP contribution in [0.25, 0.3) is 5.69 Å². The molecule has 0 fully saturated rings. The van der Waals surface area contributed by atoms with Crippen molar-refractivity contribution in [2.75, 3.05) is 26.6 Å². The predicted octanol–water partition coefficient (Wildman–Crippen LogP) is 3.37. The molecule has 1 aliphatic rings. The van der Waals surface area contributed by atoms with E-state index in [0.717, 1.165) is 22.7 Å². The number of imidazole rings is 1. The van der Waals surface area contributed by atoms with E-state index in [1.54, 1.807) is 27.7 Å². The van der Waals surface area contributed by atoms with Crippen molar-refractivity contribution in [2.24, 2.45) is 0 Å². The molecule has 0 saturated heterocycles. The third kappa shape index (κ3) is 3.05. The highest BCUT2D eigenvalue weighted by Crippen LogP contribution is 2.40. The monoisotopic (exact) mass is 379 g/mol. The van der Waals surface area contributed by atoms with Gasteiger partial charge >= 0.3 is 0 Å². The zero-order valence-electron chi connectivity index (χ0n) is 15.9. The van der Waals surface area contributed by atoms with E-state index >= 15 is 0 Å². The normalized spacial score (nSPS) is 15.5. The quantitative estimate of drug-likeness (QED) is 0.736. The lowest BCUT2D eigenvalue weighted by Crippen LogP contribution is -2.25. The second-order valence-corrected chi connectivity index (χ2v) is 6.47. The van der Waals surface area contributed by atoms with Crippen molar-refractivity contribution < 1.29 is 19.0 Å². The summed E-state index contributed by atoms with van der Waals surface area (Å²) in [4.78, 5) is 17.1. The second-order valence-electron chi connectivity index (χ2n) is 6.47. The van der Waals surface area contributed by atoms with Crippen LogP contribution in [0.5, 0.6) is 17.2 Å². The molecule has 1 atom stereocenters. The molecule has 0 saturated carbocycles. The summed E-state index contributed by atoms with van der Waals surface area (Å²) < 4.78 is 18.0. The van der Waals surface area contributed by atoms with Crippen LogP contribution in [0.2, 0.25) is 0 Å². The van der Waals surface area contributed by atoms with E-state index in [1.807, 2.05) is 47.0 Å². The zero-order valence-corrected chi connectivity index (χ0v) is 15.9. The first-order chi connectivity index (χ1) is 13.6. The van der Waals surface area contributed by atoms with Crippen LogP contribution < -0.4 is 19.5 Å². The molecule has 1 aromatic heterocycles. The number of benzene rings is 2. The highest BCUT2D eigenvalue weighted by Gasteiger charge is 2.31. The van der Waals surface area contributed by atoms with Gasteiger partial charge in [-0.1, -0.05) is 12.1 Å². The Bertz CT molecular complexity index is 1030. The number of ether oxygens (including phenoxy) is 3. The Morgan fingerprint density at radius 2 is 1.82 bits per heavy atom. The number of hydrogen-bond donors (Lipinski definition) is 1. The molecule has 0 bridgehead atoms. The molecule has 144 valence electrons. The average Bonchev–Trinajstić information content (AvgIpc) is 3.16. The van der Waals surface area contributed by atoms with Crippen molar-refractivity contribution in [1.82, 2.24) is 9.55 Å². The van der Waals surface area contributed by atoms with Crippen LogP contribution in [0.15, 0.2) is 48.8 Å². The van der Waals surface area contributed by atoms with Crippen LogP contribution in [0.4, 0.5) is 5.82 Å². The lowest BCUT2D eigenvalue weighted by molar-refractivity contribution is -0.116. The molecule has 1 amide bonds. The summed E-state index contributed by atoms with van der Waals surface area (Å²) in [6, 6.07) is 13.2. The summed E-state index contributed by atoms with van der Waals surface area (Å²) in [5, 5.41) is 2.96. The van der Waals surface area contributed by atoms with Crippen LogP contribution in [0.1, 0.15) is 23.6 Å². The number of methoxy groups -OCH3 is 3. The Morgan fingerprint density at radius 1 is 1.04 bits per heavy atom. The molecule has 4 rings (SSSR count). The maximum Gasteiger partial charge on any atom is 0.226 e. The van der Waals surface area contributed by atoms with Crippen LogP contribution in [0, 0.1) is 0 Å². The largest absolute Gasteiger partial charge is 0.497 e. The first kappa shape index (κ1) is 17.9. The molecule has 28 heavy (non-hydrogen) atoms. The molecule has 0 radical (unpaired) electrons. The number of anilines is 1. The highest BCUT2D eigenvalue weighted by molar-refractivity contribution is 5.94. The Morgan fingerprint density at radius 3 is 2.57 bits per heavy atom. The number of fused-ring (bicyclic) bond motifs is 1. The third-order valence-corrected chi connectivity index (χ3v) is 4.91. The number of carbonyl (C=O) groups excluding carboxylic acids is 1. The summed E-state index contributed by atoms with van der Waals surface area (Å²) in [6.45, 7) is 0. The summed E-state index contributed by atoms with van der Waals surface area (Å²) in [5.74, 6) is 2.50. The standard InChI is InChI=1S/C21H21N3O4/c1-26-14-6-4-5-13(9-14)16-11-19(25)23-21-20(16)22-12-24(21)17-10-15(27-2)7-8-18(17)28-3/h4-10,12,16H,11H2,1-3H3,(H,23,25)/t16-/m0/s1. The summed E-state index contributed by atoms with van der Waals surface area (Å²) in [6.07, 6.45) is 2.02. The number of carbonyl (C=O) groups is 1. The minimum atomic E-state index is -0.156.